The van der Waals surface area contributed by atoms with Gasteiger partial charge >= 0.3 is 0 Å². The molecule has 0 saturated carbocycles. The Morgan fingerprint density at radius 2 is 1.71 bits per heavy atom. The van der Waals surface area contributed by atoms with E-state index in [0.717, 1.165) is 31.0 Å². The highest BCUT2D eigenvalue weighted by Gasteiger charge is 2.58. The van der Waals surface area contributed by atoms with E-state index >= 15 is 0 Å². The summed E-state index contributed by atoms with van der Waals surface area (Å²) in [4.78, 5) is 16.0. The molecule has 0 aliphatic carbocycles. The van der Waals surface area contributed by atoms with Gasteiger partial charge in [0.15, 0.2) is 11.5 Å². The third-order valence-electron chi connectivity index (χ3n) is 6.91. The first-order valence-electron chi connectivity index (χ1n) is 11.5. The van der Waals surface area contributed by atoms with Gasteiger partial charge in [0.25, 0.3) is 0 Å². The quantitative estimate of drug-likeness (QED) is 0.464. The van der Waals surface area contributed by atoms with E-state index < -0.39 is 17.0 Å². The van der Waals surface area contributed by atoms with Crippen molar-refractivity contribution in [3.63, 3.8) is 0 Å². The number of carbonyl (C=O) groups is 1. The Morgan fingerprint density at radius 1 is 0.941 bits per heavy atom. The highest BCUT2D eigenvalue weighted by molar-refractivity contribution is 6.13. The Balaban J connectivity index is 1.60. The van der Waals surface area contributed by atoms with Crippen molar-refractivity contribution < 1.29 is 27.8 Å². The lowest BCUT2D eigenvalue weighted by Gasteiger charge is -2.24. The molecule has 0 fully saturated rings. The minimum Gasteiger partial charge on any atom is -0.491 e. The average molecular weight is 463 g/mol. The standard InChI is InChI=1S/C27H23F2NO4/c1-2-3-4-8-30-21-7-5-6-19(16-9-17(28)11-18(29)10-16)25(21)27(26(30)31)14-32-22-13-24-23(12-20(22)27)33-15-34-24/h5-7,9-13H,2-4,8,14-15H2,1H3. The number of fused-ring (bicyclic) bond motifs is 5. The summed E-state index contributed by atoms with van der Waals surface area (Å²) in [5.74, 6) is 0.243. The van der Waals surface area contributed by atoms with Gasteiger partial charge in [-0.3, -0.25) is 4.79 Å². The molecule has 34 heavy (non-hydrogen) atoms. The zero-order valence-electron chi connectivity index (χ0n) is 18.7. The van der Waals surface area contributed by atoms with Crippen LogP contribution in [0, 0.1) is 11.6 Å². The molecule has 0 N–H and O–H groups in total. The summed E-state index contributed by atoms with van der Waals surface area (Å²) in [5.41, 5.74) is 1.99. The normalized spacial score (nSPS) is 19.5. The van der Waals surface area contributed by atoms with E-state index in [1.807, 2.05) is 24.3 Å². The number of unbranched alkanes of at least 4 members (excludes halogenated alkanes) is 2. The summed E-state index contributed by atoms with van der Waals surface area (Å²) in [6.45, 7) is 2.87. The summed E-state index contributed by atoms with van der Waals surface area (Å²) in [6.07, 6.45) is 2.87. The van der Waals surface area contributed by atoms with Crippen LogP contribution < -0.4 is 19.1 Å². The van der Waals surface area contributed by atoms with Gasteiger partial charge in [-0.15, -0.1) is 0 Å². The fourth-order valence-electron chi connectivity index (χ4n) is 5.38. The van der Waals surface area contributed by atoms with Gasteiger partial charge in [-0.2, -0.15) is 0 Å². The molecule has 1 amide bonds. The fraction of sp³-hybridized carbons (Fsp3) is 0.296. The molecule has 174 valence electrons. The van der Waals surface area contributed by atoms with Crippen molar-refractivity contribution in [2.24, 2.45) is 0 Å². The maximum Gasteiger partial charge on any atom is 0.245 e. The highest BCUT2D eigenvalue weighted by Crippen LogP contribution is 2.57. The molecular formula is C27H23F2NO4. The Hall–Kier alpha value is -3.61. The Bertz CT molecular complexity index is 1300. The maximum atomic E-state index is 14.2. The van der Waals surface area contributed by atoms with E-state index in [-0.39, 0.29) is 19.3 Å². The van der Waals surface area contributed by atoms with Crippen LogP contribution in [0.5, 0.6) is 17.2 Å². The fourth-order valence-corrected chi connectivity index (χ4v) is 5.38. The van der Waals surface area contributed by atoms with Crippen molar-refractivity contribution in [3.8, 4) is 28.4 Å². The van der Waals surface area contributed by atoms with Gasteiger partial charge in [0, 0.05) is 35.5 Å². The van der Waals surface area contributed by atoms with Crippen LogP contribution in [0.2, 0.25) is 0 Å². The number of halogens is 2. The van der Waals surface area contributed by atoms with E-state index in [1.54, 1.807) is 11.0 Å². The van der Waals surface area contributed by atoms with Crippen LogP contribution in [0.3, 0.4) is 0 Å². The molecule has 5 nitrogen and oxygen atoms in total. The summed E-state index contributed by atoms with van der Waals surface area (Å²) in [5, 5.41) is 0. The number of rotatable bonds is 5. The van der Waals surface area contributed by atoms with Gasteiger partial charge in [-0.25, -0.2) is 8.78 Å². The Labute approximate surface area is 195 Å². The van der Waals surface area contributed by atoms with Crippen LogP contribution in [-0.4, -0.2) is 25.9 Å². The lowest BCUT2D eigenvalue weighted by Crippen LogP contribution is -2.43. The smallest absolute Gasteiger partial charge is 0.245 e. The summed E-state index contributed by atoms with van der Waals surface area (Å²) >= 11 is 0. The van der Waals surface area contributed by atoms with E-state index in [0.29, 0.717) is 46.0 Å². The van der Waals surface area contributed by atoms with Gasteiger partial charge in [0.2, 0.25) is 12.7 Å². The van der Waals surface area contributed by atoms with E-state index in [9.17, 15) is 13.6 Å². The first-order chi connectivity index (χ1) is 16.5. The molecule has 3 heterocycles. The number of benzene rings is 3. The van der Waals surface area contributed by atoms with Crippen molar-refractivity contribution in [1.82, 2.24) is 0 Å². The van der Waals surface area contributed by atoms with Gasteiger partial charge in [-0.1, -0.05) is 31.9 Å². The minimum absolute atomic E-state index is 0.0934. The highest BCUT2D eigenvalue weighted by atomic mass is 19.1. The van der Waals surface area contributed by atoms with Crippen molar-refractivity contribution in [2.75, 3.05) is 24.8 Å². The van der Waals surface area contributed by atoms with Crippen molar-refractivity contribution in [1.29, 1.82) is 0 Å². The molecule has 0 radical (unpaired) electrons. The van der Waals surface area contributed by atoms with Crippen molar-refractivity contribution in [2.45, 2.75) is 31.6 Å². The predicted molar refractivity (Wildman–Crippen MR) is 123 cm³/mol. The topological polar surface area (TPSA) is 48.0 Å². The molecule has 3 aromatic carbocycles. The van der Waals surface area contributed by atoms with Gasteiger partial charge < -0.3 is 19.1 Å². The number of hydrogen-bond acceptors (Lipinski definition) is 4. The summed E-state index contributed by atoms with van der Waals surface area (Å²) in [6, 6.07) is 12.5. The van der Waals surface area contributed by atoms with E-state index in [4.69, 9.17) is 14.2 Å². The van der Waals surface area contributed by atoms with Crippen LogP contribution in [0.25, 0.3) is 11.1 Å². The number of hydrogen-bond donors (Lipinski definition) is 0. The monoisotopic (exact) mass is 463 g/mol. The first kappa shape index (κ1) is 21.0. The molecule has 7 heteroatoms. The van der Waals surface area contributed by atoms with Gasteiger partial charge in [0.1, 0.15) is 29.4 Å². The molecule has 3 aliphatic rings. The van der Waals surface area contributed by atoms with Crippen LogP contribution >= 0.6 is 0 Å². The van der Waals surface area contributed by atoms with Crippen molar-refractivity contribution in [3.05, 3.63) is 71.3 Å². The average Bonchev–Trinajstić information content (AvgIpc) is 3.49. The third kappa shape index (κ3) is 2.92. The van der Waals surface area contributed by atoms with E-state index in [2.05, 4.69) is 6.92 Å². The molecular weight excluding hydrogens is 440 g/mol. The van der Waals surface area contributed by atoms with Gasteiger partial charge in [-0.05, 0) is 41.8 Å². The molecule has 3 aromatic rings. The molecule has 1 unspecified atom stereocenters. The summed E-state index contributed by atoms with van der Waals surface area (Å²) < 4.78 is 45.6. The maximum absolute atomic E-state index is 14.2. The van der Waals surface area contributed by atoms with Gasteiger partial charge in [0.05, 0.1) is 0 Å². The molecule has 0 aromatic heterocycles. The third-order valence-corrected chi connectivity index (χ3v) is 6.91. The Morgan fingerprint density at radius 3 is 2.47 bits per heavy atom. The SMILES string of the molecule is CCCCCN1C(=O)C2(COc3cc4c(cc32)OCO4)c2c(-c3cc(F)cc(F)c3)cccc21. The number of ether oxygens (including phenoxy) is 3. The number of amides is 1. The Kier molecular flexibility index (Phi) is 4.76. The van der Waals surface area contributed by atoms with E-state index in [1.165, 1.54) is 12.1 Å². The molecule has 0 bridgehead atoms. The lowest BCUT2D eigenvalue weighted by atomic mass is 9.74. The lowest BCUT2D eigenvalue weighted by molar-refractivity contribution is -0.122. The first-order valence-corrected chi connectivity index (χ1v) is 11.5. The largest absolute Gasteiger partial charge is 0.491 e. The van der Waals surface area contributed by atoms with Crippen LogP contribution in [0.15, 0.2) is 48.5 Å². The molecule has 0 saturated heterocycles. The second-order valence-corrected chi connectivity index (χ2v) is 8.92. The zero-order valence-corrected chi connectivity index (χ0v) is 18.7. The second kappa shape index (κ2) is 7.72. The molecule has 1 spiro atoms. The minimum atomic E-state index is -1.14. The second-order valence-electron chi connectivity index (χ2n) is 8.92. The molecule has 3 aliphatic heterocycles. The zero-order chi connectivity index (χ0) is 23.4. The number of nitrogens with zero attached hydrogens (tertiary/aromatic N) is 1. The van der Waals surface area contributed by atoms with Crippen LogP contribution in [0.1, 0.15) is 37.3 Å². The number of carbonyl (C=O) groups excluding carboxylic acids is 1. The van der Waals surface area contributed by atoms with Crippen molar-refractivity contribution >= 4 is 11.6 Å². The molecule has 1 atom stereocenters. The molecule has 6 rings (SSSR count). The predicted octanol–water partition coefficient (Wildman–Crippen LogP) is 5.58. The van der Waals surface area contributed by atoms with Crippen LogP contribution in [0.4, 0.5) is 14.5 Å². The van der Waals surface area contributed by atoms with Crippen LogP contribution in [-0.2, 0) is 10.2 Å². The number of anilines is 1. The summed E-state index contributed by atoms with van der Waals surface area (Å²) in [7, 11) is 0.